The second-order valence-electron chi connectivity index (χ2n) is 5.29. The SMILES string of the molecule is CCCC(CCN)CCC(=O)N1CCOC(CO)C1. The fourth-order valence-corrected chi connectivity index (χ4v) is 2.62. The average Bonchev–Trinajstić information content (AvgIpc) is 2.45. The number of carbonyl (C=O) groups is 1. The Morgan fingerprint density at radius 1 is 1.47 bits per heavy atom. The van der Waals surface area contributed by atoms with E-state index in [1.807, 2.05) is 4.90 Å². The van der Waals surface area contributed by atoms with Crippen LogP contribution in [-0.4, -0.2) is 54.9 Å². The molecule has 2 unspecified atom stereocenters. The lowest BCUT2D eigenvalue weighted by atomic mass is 9.94. The van der Waals surface area contributed by atoms with Crippen LogP contribution in [0.15, 0.2) is 0 Å². The minimum absolute atomic E-state index is 0.0184. The van der Waals surface area contributed by atoms with Crippen LogP contribution < -0.4 is 5.73 Å². The van der Waals surface area contributed by atoms with Crippen LogP contribution in [-0.2, 0) is 9.53 Å². The summed E-state index contributed by atoms with van der Waals surface area (Å²) in [5.74, 6) is 0.744. The summed E-state index contributed by atoms with van der Waals surface area (Å²) in [7, 11) is 0. The van der Waals surface area contributed by atoms with Crippen LogP contribution in [0.2, 0.25) is 0 Å². The summed E-state index contributed by atoms with van der Waals surface area (Å²) in [6.45, 7) is 4.53. The fourth-order valence-electron chi connectivity index (χ4n) is 2.62. The highest BCUT2D eigenvalue weighted by atomic mass is 16.5. The Labute approximate surface area is 116 Å². The van der Waals surface area contributed by atoms with Crippen LogP contribution >= 0.6 is 0 Å². The largest absolute Gasteiger partial charge is 0.394 e. The number of aliphatic hydroxyl groups is 1. The molecule has 0 aliphatic carbocycles. The van der Waals surface area contributed by atoms with Gasteiger partial charge in [0.25, 0.3) is 0 Å². The molecule has 1 rings (SSSR count). The van der Waals surface area contributed by atoms with Gasteiger partial charge in [-0.3, -0.25) is 4.79 Å². The standard InChI is InChI=1S/C14H28N2O3/c1-2-3-12(6-7-15)4-5-14(18)16-8-9-19-13(10-16)11-17/h12-13,17H,2-11,15H2,1H3. The molecule has 19 heavy (non-hydrogen) atoms. The summed E-state index contributed by atoms with van der Waals surface area (Å²) in [5.41, 5.74) is 5.61. The molecule has 0 radical (unpaired) electrons. The number of hydrogen-bond donors (Lipinski definition) is 2. The van der Waals surface area contributed by atoms with E-state index in [2.05, 4.69) is 6.92 Å². The lowest BCUT2D eigenvalue weighted by molar-refractivity contribution is -0.140. The molecule has 0 spiro atoms. The molecule has 0 aromatic heterocycles. The quantitative estimate of drug-likeness (QED) is 0.684. The fraction of sp³-hybridized carbons (Fsp3) is 0.929. The lowest BCUT2D eigenvalue weighted by Gasteiger charge is -2.32. The lowest BCUT2D eigenvalue weighted by Crippen LogP contribution is -2.46. The second kappa shape index (κ2) is 9.28. The van der Waals surface area contributed by atoms with Gasteiger partial charge in [-0.05, 0) is 25.3 Å². The third-order valence-corrected chi connectivity index (χ3v) is 3.73. The number of amides is 1. The Morgan fingerprint density at radius 3 is 2.89 bits per heavy atom. The number of rotatable bonds is 8. The van der Waals surface area contributed by atoms with Crippen LogP contribution in [0.25, 0.3) is 0 Å². The van der Waals surface area contributed by atoms with E-state index in [1.54, 1.807) is 0 Å². The van der Waals surface area contributed by atoms with Gasteiger partial charge in [0, 0.05) is 19.5 Å². The number of carbonyl (C=O) groups excluding carboxylic acids is 1. The van der Waals surface area contributed by atoms with Gasteiger partial charge < -0.3 is 20.5 Å². The molecule has 0 aromatic carbocycles. The number of hydrogen-bond acceptors (Lipinski definition) is 4. The van der Waals surface area contributed by atoms with Crippen molar-refractivity contribution in [1.82, 2.24) is 4.90 Å². The zero-order chi connectivity index (χ0) is 14.1. The molecule has 1 aliphatic rings. The van der Waals surface area contributed by atoms with E-state index in [0.29, 0.717) is 38.6 Å². The molecule has 0 saturated carbocycles. The highest BCUT2D eigenvalue weighted by Crippen LogP contribution is 2.18. The van der Waals surface area contributed by atoms with E-state index in [9.17, 15) is 4.79 Å². The van der Waals surface area contributed by atoms with Crippen molar-refractivity contribution in [3.8, 4) is 0 Å². The third kappa shape index (κ3) is 5.89. The Hall–Kier alpha value is -0.650. The number of aliphatic hydroxyl groups excluding tert-OH is 1. The topological polar surface area (TPSA) is 75.8 Å². The van der Waals surface area contributed by atoms with E-state index in [-0.39, 0.29) is 18.6 Å². The van der Waals surface area contributed by atoms with Gasteiger partial charge in [-0.15, -0.1) is 0 Å². The molecule has 5 nitrogen and oxygen atoms in total. The first-order valence-electron chi connectivity index (χ1n) is 7.41. The van der Waals surface area contributed by atoms with Gasteiger partial charge in [-0.25, -0.2) is 0 Å². The summed E-state index contributed by atoms with van der Waals surface area (Å²) in [4.78, 5) is 13.9. The van der Waals surface area contributed by atoms with E-state index in [1.165, 1.54) is 0 Å². The maximum Gasteiger partial charge on any atom is 0.222 e. The Kier molecular flexibility index (Phi) is 8.02. The Morgan fingerprint density at radius 2 is 2.26 bits per heavy atom. The van der Waals surface area contributed by atoms with Gasteiger partial charge in [0.05, 0.1) is 19.3 Å². The van der Waals surface area contributed by atoms with Crippen LogP contribution in [0.5, 0.6) is 0 Å². The second-order valence-corrected chi connectivity index (χ2v) is 5.29. The third-order valence-electron chi connectivity index (χ3n) is 3.73. The smallest absolute Gasteiger partial charge is 0.222 e. The van der Waals surface area contributed by atoms with Gasteiger partial charge in [-0.2, -0.15) is 0 Å². The van der Waals surface area contributed by atoms with Gasteiger partial charge >= 0.3 is 0 Å². The van der Waals surface area contributed by atoms with Crippen LogP contribution in [0.4, 0.5) is 0 Å². The van der Waals surface area contributed by atoms with Crippen molar-refractivity contribution in [2.24, 2.45) is 11.7 Å². The summed E-state index contributed by atoms with van der Waals surface area (Å²) in [6, 6.07) is 0. The zero-order valence-corrected chi connectivity index (χ0v) is 12.0. The van der Waals surface area contributed by atoms with Crippen LogP contribution in [0.3, 0.4) is 0 Å². The van der Waals surface area contributed by atoms with Crippen molar-refractivity contribution in [3.63, 3.8) is 0 Å². The van der Waals surface area contributed by atoms with Crippen LogP contribution in [0, 0.1) is 5.92 Å². The highest BCUT2D eigenvalue weighted by molar-refractivity contribution is 5.76. The van der Waals surface area contributed by atoms with Crippen molar-refractivity contribution < 1.29 is 14.6 Å². The van der Waals surface area contributed by atoms with E-state index >= 15 is 0 Å². The molecular weight excluding hydrogens is 244 g/mol. The molecule has 1 aliphatic heterocycles. The number of nitrogens with two attached hydrogens (primary N) is 1. The highest BCUT2D eigenvalue weighted by Gasteiger charge is 2.23. The van der Waals surface area contributed by atoms with E-state index in [4.69, 9.17) is 15.6 Å². The molecule has 1 saturated heterocycles. The molecule has 1 amide bonds. The summed E-state index contributed by atoms with van der Waals surface area (Å²) < 4.78 is 5.35. The maximum atomic E-state index is 12.1. The van der Waals surface area contributed by atoms with E-state index < -0.39 is 0 Å². The van der Waals surface area contributed by atoms with Crippen molar-refractivity contribution in [2.75, 3.05) is 32.8 Å². The van der Waals surface area contributed by atoms with Gasteiger partial charge in [-0.1, -0.05) is 19.8 Å². The van der Waals surface area contributed by atoms with Crippen LogP contribution in [0.1, 0.15) is 39.0 Å². The Balaban J connectivity index is 2.32. The van der Waals surface area contributed by atoms with Crippen molar-refractivity contribution >= 4 is 5.91 Å². The molecule has 2 atom stereocenters. The molecule has 112 valence electrons. The monoisotopic (exact) mass is 272 g/mol. The molecule has 1 fully saturated rings. The molecule has 0 bridgehead atoms. The predicted molar refractivity (Wildman–Crippen MR) is 74.7 cm³/mol. The number of ether oxygens (including phenoxy) is 1. The maximum absolute atomic E-state index is 12.1. The molecule has 3 N–H and O–H groups in total. The molecule has 5 heteroatoms. The minimum atomic E-state index is -0.215. The average molecular weight is 272 g/mol. The van der Waals surface area contributed by atoms with Gasteiger partial charge in [0.15, 0.2) is 0 Å². The molecule has 0 aromatic rings. The summed E-state index contributed by atoms with van der Waals surface area (Å²) in [5, 5.41) is 9.07. The normalized spacial score (nSPS) is 21.4. The minimum Gasteiger partial charge on any atom is -0.394 e. The van der Waals surface area contributed by atoms with Gasteiger partial charge in [0.2, 0.25) is 5.91 Å². The zero-order valence-electron chi connectivity index (χ0n) is 12.0. The van der Waals surface area contributed by atoms with Gasteiger partial charge in [0.1, 0.15) is 0 Å². The summed E-state index contributed by atoms with van der Waals surface area (Å²) in [6.07, 6.45) is 4.58. The molecule has 1 heterocycles. The number of nitrogens with zero attached hydrogens (tertiary/aromatic N) is 1. The van der Waals surface area contributed by atoms with Crippen molar-refractivity contribution in [2.45, 2.75) is 45.1 Å². The first-order chi connectivity index (χ1) is 9.21. The number of morpholine rings is 1. The summed E-state index contributed by atoms with van der Waals surface area (Å²) >= 11 is 0. The predicted octanol–water partition coefficient (Wildman–Crippen LogP) is 0.751. The first kappa shape index (κ1) is 16.4. The first-order valence-corrected chi connectivity index (χ1v) is 7.41. The Bertz CT molecular complexity index is 255. The molecular formula is C14H28N2O3. The van der Waals surface area contributed by atoms with Crippen molar-refractivity contribution in [3.05, 3.63) is 0 Å². The van der Waals surface area contributed by atoms with E-state index in [0.717, 1.165) is 25.7 Å². The van der Waals surface area contributed by atoms with Crippen molar-refractivity contribution in [1.29, 1.82) is 0 Å².